The largest absolute Gasteiger partial charge is 0.453 e. The van der Waals surface area contributed by atoms with Crippen molar-refractivity contribution in [3.05, 3.63) is 0 Å². The Labute approximate surface area is 65.3 Å². The fourth-order valence-corrected chi connectivity index (χ4v) is 2.11. The van der Waals surface area contributed by atoms with E-state index in [1.807, 2.05) is 6.92 Å². The third-order valence-corrected chi connectivity index (χ3v) is 2.94. The number of rotatable bonds is 2. The molecule has 0 saturated carbocycles. The standard InChI is InChI=1S/C7H12O2S/c1-3-5-6(4-2)10-7(8)9-5/h5-6H,3-4H2,1-2H3. The molecule has 0 bridgehead atoms. The van der Waals surface area contributed by atoms with Crippen molar-refractivity contribution < 1.29 is 9.53 Å². The van der Waals surface area contributed by atoms with E-state index in [1.54, 1.807) is 0 Å². The Hall–Kier alpha value is -0.180. The lowest BCUT2D eigenvalue weighted by Gasteiger charge is -2.10. The van der Waals surface area contributed by atoms with E-state index in [0.717, 1.165) is 12.8 Å². The lowest BCUT2D eigenvalue weighted by Crippen LogP contribution is -2.17. The maximum absolute atomic E-state index is 10.7. The average molecular weight is 160 g/mol. The second-order valence-electron chi connectivity index (χ2n) is 2.38. The maximum atomic E-state index is 10.7. The van der Waals surface area contributed by atoms with Gasteiger partial charge in [0.1, 0.15) is 6.10 Å². The Balaban J connectivity index is 2.48. The van der Waals surface area contributed by atoms with E-state index in [1.165, 1.54) is 11.8 Å². The molecule has 1 aliphatic heterocycles. The minimum Gasteiger partial charge on any atom is -0.453 e. The van der Waals surface area contributed by atoms with E-state index in [0.29, 0.717) is 5.25 Å². The highest BCUT2D eigenvalue weighted by Gasteiger charge is 2.32. The highest BCUT2D eigenvalue weighted by molar-refractivity contribution is 8.14. The number of thioether (sulfide) groups is 1. The van der Waals surface area contributed by atoms with E-state index in [4.69, 9.17) is 4.74 Å². The number of carbonyl (C=O) groups excluding carboxylic acids is 1. The first-order valence-corrected chi connectivity index (χ1v) is 4.53. The second kappa shape index (κ2) is 3.28. The van der Waals surface area contributed by atoms with Gasteiger partial charge in [-0.05, 0) is 24.6 Å². The Morgan fingerprint density at radius 3 is 2.60 bits per heavy atom. The molecule has 1 rings (SSSR count). The molecule has 1 heterocycles. The minimum atomic E-state index is -0.0984. The molecular weight excluding hydrogens is 148 g/mol. The van der Waals surface area contributed by atoms with Gasteiger partial charge >= 0.3 is 5.30 Å². The first-order chi connectivity index (χ1) is 4.77. The zero-order chi connectivity index (χ0) is 7.56. The van der Waals surface area contributed by atoms with Crippen LogP contribution in [0.25, 0.3) is 0 Å². The SMILES string of the molecule is CCC1OC(=O)SC1CC. The summed E-state index contributed by atoms with van der Waals surface area (Å²) in [6, 6.07) is 0. The normalized spacial score (nSPS) is 32.4. The number of hydrogen-bond donors (Lipinski definition) is 0. The highest BCUT2D eigenvalue weighted by Crippen LogP contribution is 2.31. The molecule has 0 N–H and O–H groups in total. The number of ether oxygens (including phenoxy) is 1. The van der Waals surface area contributed by atoms with E-state index >= 15 is 0 Å². The van der Waals surface area contributed by atoms with E-state index in [2.05, 4.69) is 6.92 Å². The summed E-state index contributed by atoms with van der Waals surface area (Å²) in [5.74, 6) is 0. The summed E-state index contributed by atoms with van der Waals surface area (Å²) in [6.07, 6.45) is 2.13. The van der Waals surface area contributed by atoms with Gasteiger partial charge in [-0.2, -0.15) is 0 Å². The summed E-state index contributed by atoms with van der Waals surface area (Å²) in [7, 11) is 0. The molecule has 2 unspecified atom stereocenters. The maximum Gasteiger partial charge on any atom is 0.368 e. The molecule has 0 radical (unpaired) electrons. The van der Waals surface area contributed by atoms with Crippen LogP contribution in [-0.4, -0.2) is 16.7 Å². The predicted octanol–water partition coefficient (Wildman–Crippen LogP) is 2.43. The summed E-state index contributed by atoms with van der Waals surface area (Å²) in [5.41, 5.74) is 0. The molecule has 1 aliphatic rings. The Bertz CT molecular complexity index is 122. The molecule has 0 aromatic carbocycles. The van der Waals surface area contributed by atoms with Crippen molar-refractivity contribution in [3.8, 4) is 0 Å². The van der Waals surface area contributed by atoms with Gasteiger partial charge in [0.05, 0.1) is 5.25 Å². The van der Waals surface area contributed by atoms with E-state index in [-0.39, 0.29) is 11.4 Å². The fraction of sp³-hybridized carbons (Fsp3) is 0.857. The molecule has 10 heavy (non-hydrogen) atoms. The van der Waals surface area contributed by atoms with Crippen molar-refractivity contribution in [2.45, 2.75) is 38.0 Å². The van der Waals surface area contributed by atoms with Gasteiger partial charge in [0.25, 0.3) is 0 Å². The van der Waals surface area contributed by atoms with Crippen molar-refractivity contribution in [2.24, 2.45) is 0 Å². The van der Waals surface area contributed by atoms with Crippen LogP contribution in [-0.2, 0) is 4.74 Å². The van der Waals surface area contributed by atoms with E-state index in [9.17, 15) is 4.79 Å². The molecular formula is C7H12O2S. The van der Waals surface area contributed by atoms with Crippen LogP contribution in [0.5, 0.6) is 0 Å². The van der Waals surface area contributed by atoms with Crippen LogP contribution in [0.2, 0.25) is 0 Å². The predicted molar refractivity (Wildman–Crippen MR) is 42.2 cm³/mol. The van der Waals surface area contributed by atoms with Gasteiger partial charge in [0, 0.05) is 0 Å². The third-order valence-electron chi connectivity index (χ3n) is 1.71. The van der Waals surface area contributed by atoms with Crippen LogP contribution in [0.4, 0.5) is 4.79 Å². The van der Waals surface area contributed by atoms with Crippen LogP contribution in [0.15, 0.2) is 0 Å². The van der Waals surface area contributed by atoms with Gasteiger partial charge in [-0.15, -0.1) is 0 Å². The smallest absolute Gasteiger partial charge is 0.368 e. The van der Waals surface area contributed by atoms with Crippen LogP contribution < -0.4 is 0 Å². The number of carbonyl (C=O) groups is 1. The Morgan fingerprint density at radius 1 is 1.50 bits per heavy atom. The summed E-state index contributed by atoms with van der Waals surface area (Å²) in [6.45, 7) is 4.13. The first kappa shape index (κ1) is 7.92. The molecule has 1 saturated heterocycles. The summed E-state index contributed by atoms with van der Waals surface area (Å²) in [4.78, 5) is 10.7. The second-order valence-corrected chi connectivity index (χ2v) is 3.55. The number of hydrogen-bond acceptors (Lipinski definition) is 3. The lowest BCUT2D eigenvalue weighted by molar-refractivity contribution is 0.129. The van der Waals surface area contributed by atoms with Crippen LogP contribution in [0.1, 0.15) is 26.7 Å². The fourth-order valence-electron chi connectivity index (χ4n) is 1.12. The third kappa shape index (κ3) is 1.45. The number of cyclic esters (lactones) is 1. The van der Waals surface area contributed by atoms with Crippen molar-refractivity contribution >= 4 is 17.1 Å². The molecule has 0 spiro atoms. The highest BCUT2D eigenvalue weighted by atomic mass is 32.2. The van der Waals surface area contributed by atoms with Crippen molar-refractivity contribution in [2.75, 3.05) is 0 Å². The minimum absolute atomic E-state index is 0.0984. The summed E-state index contributed by atoms with van der Waals surface area (Å²) in [5, 5.41) is 0.302. The first-order valence-electron chi connectivity index (χ1n) is 3.65. The summed E-state index contributed by atoms with van der Waals surface area (Å²) < 4.78 is 5.04. The average Bonchev–Trinajstić information content (AvgIpc) is 2.30. The monoisotopic (exact) mass is 160 g/mol. The zero-order valence-corrected chi connectivity index (χ0v) is 7.11. The lowest BCUT2D eigenvalue weighted by atomic mass is 10.1. The molecule has 0 aromatic rings. The molecule has 1 fully saturated rings. The van der Waals surface area contributed by atoms with Gasteiger partial charge in [0.15, 0.2) is 0 Å². The van der Waals surface area contributed by atoms with Crippen LogP contribution in [0.3, 0.4) is 0 Å². The molecule has 58 valence electrons. The van der Waals surface area contributed by atoms with Crippen molar-refractivity contribution in [3.63, 3.8) is 0 Å². The summed E-state index contributed by atoms with van der Waals surface area (Å²) >= 11 is 1.34. The van der Waals surface area contributed by atoms with Crippen molar-refractivity contribution in [1.29, 1.82) is 0 Å². The topological polar surface area (TPSA) is 26.3 Å². The molecule has 2 atom stereocenters. The van der Waals surface area contributed by atoms with Gasteiger partial charge < -0.3 is 4.74 Å². The van der Waals surface area contributed by atoms with Gasteiger partial charge in [-0.1, -0.05) is 13.8 Å². The molecule has 0 aliphatic carbocycles. The molecule has 0 amide bonds. The van der Waals surface area contributed by atoms with Gasteiger partial charge in [0.2, 0.25) is 0 Å². The van der Waals surface area contributed by atoms with Gasteiger partial charge in [-0.25, -0.2) is 4.79 Å². The van der Waals surface area contributed by atoms with Gasteiger partial charge in [-0.3, -0.25) is 0 Å². The molecule has 3 heteroatoms. The zero-order valence-electron chi connectivity index (χ0n) is 6.29. The van der Waals surface area contributed by atoms with Crippen LogP contribution >= 0.6 is 11.8 Å². The Kier molecular flexibility index (Phi) is 2.60. The van der Waals surface area contributed by atoms with E-state index < -0.39 is 0 Å². The Morgan fingerprint density at radius 2 is 2.20 bits per heavy atom. The quantitative estimate of drug-likeness (QED) is 0.580. The van der Waals surface area contributed by atoms with Crippen LogP contribution in [0, 0.1) is 0 Å². The molecule has 2 nitrogen and oxygen atoms in total. The van der Waals surface area contributed by atoms with Crippen molar-refractivity contribution in [1.82, 2.24) is 0 Å². The molecule has 0 aromatic heterocycles.